The van der Waals surface area contributed by atoms with Crippen LogP contribution in [0.15, 0.2) is 4.52 Å². The minimum absolute atomic E-state index is 0.636. The van der Waals surface area contributed by atoms with Gasteiger partial charge in [-0.15, -0.1) is 0 Å². The standard InChI is InChI=1S/C10H18N4O/c1-3-4-14(9-5-11-6-9)7-10-12-8(2)13-15-10/h9,11H,3-7H2,1-2H3. The molecule has 0 spiro atoms. The summed E-state index contributed by atoms with van der Waals surface area (Å²) in [6, 6.07) is 0.636. The van der Waals surface area contributed by atoms with Crippen molar-refractivity contribution in [2.24, 2.45) is 0 Å². The second-order valence-corrected chi connectivity index (χ2v) is 4.02. The highest BCUT2D eigenvalue weighted by molar-refractivity contribution is 4.89. The molecule has 2 heterocycles. The van der Waals surface area contributed by atoms with E-state index in [0.717, 1.165) is 38.5 Å². The normalized spacial score (nSPS) is 17.0. The van der Waals surface area contributed by atoms with E-state index >= 15 is 0 Å². The third-order valence-electron chi connectivity index (χ3n) is 2.70. The summed E-state index contributed by atoms with van der Waals surface area (Å²) < 4.78 is 5.14. The third-order valence-corrected chi connectivity index (χ3v) is 2.70. The van der Waals surface area contributed by atoms with Crippen LogP contribution in [0.5, 0.6) is 0 Å². The molecule has 1 aromatic heterocycles. The first-order valence-electron chi connectivity index (χ1n) is 5.53. The number of hydrogen-bond acceptors (Lipinski definition) is 5. The van der Waals surface area contributed by atoms with Gasteiger partial charge in [-0.3, -0.25) is 4.90 Å². The van der Waals surface area contributed by atoms with E-state index in [-0.39, 0.29) is 0 Å². The van der Waals surface area contributed by atoms with Gasteiger partial charge in [0.05, 0.1) is 6.54 Å². The molecular formula is C10H18N4O. The van der Waals surface area contributed by atoms with Crippen molar-refractivity contribution in [2.75, 3.05) is 19.6 Å². The molecule has 0 radical (unpaired) electrons. The van der Waals surface area contributed by atoms with E-state index in [9.17, 15) is 0 Å². The van der Waals surface area contributed by atoms with Gasteiger partial charge in [0.1, 0.15) is 0 Å². The molecule has 84 valence electrons. The van der Waals surface area contributed by atoms with Crippen LogP contribution in [0.1, 0.15) is 25.1 Å². The Bertz CT molecular complexity index is 308. The van der Waals surface area contributed by atoms with Crippen LogP contribution in [0.2, 0.25) is 0 Å². The van der Waals surface area contributed by atoms with Crippen LogP contribution in [0.4, 0.5) is 0 Å². The first kappa shape index (κ1) is 10.6. The van der Waals surface area contributed by atoms with E-state index in [1.807, 2.05) is 6.92 Å². The largest absolute Gasteiger partial charge is 0.338 e. The van der Waals surface area contributed by atoms with E-state index in [4.69, 9.17) is 4.52 Å². The van der Waals surface area contributed by atoms with Gasteiger partial charge in [0.2, 0.25) is 5.89 Å². The zero-order valence-electron chi connectivity index (χ0n) is 9.36. The average Bonchev–Trinajstić information content (AvgIpc) is 2.48. The molecule has 1 N–H and O–H groups in total. The number of nitrogens with one attached hydrogen (secondary N) is 1. The molecule has 15 heavy (non-hydrogen) atoms. The zero-order chi connectivity index (χ0) is 10.7. The van der Waals surface area contributed by atoms with E-state index in [1.54, 1.807) is 0 Å². The van der Waals surface area contributed by atoms with Gasteiger partial charge in [-0.2, -0.15) is 4.98 Å². The van der Waals surface area contributed by atoms with Crippen molar-refractivity contribution < 1.29 is 4.52 Å². The summed E-state index contributed by atoms with van der Waals surface area (Å²) in [4.78, 5) is 6.64. The van der Waals surface area contributed by atoms with Crippen LogP contribution in [-0.2, 0) is 6.54 Å². The van der Waals surface area contributed by atoms with Crippen molar-refractivity contribution in [3.63, 3.8) is 0 Å². The summed E-state index contributed by atoms with van der Waals surface area (Å²) in [7, 11) is 0. The molecule has 1 aliphatic rings. The SMILES string of the molecule is CCCN(Cc1nc(C)no1)C1CNC1. The molecule has 5 nitrogen and oxygen atoms in total. The van der Waals surface area contributed by atoms with Crippen molar-refractivity contribution in [2.45, 2.75) is 32.9 Å². The fraction of sp³-hybridized carbons (Fsp3) is 0.800. The highest BCUT2D eigenvalue weighted by Crippen LogP contribution is 2.10. The van der Waals surface area contributed by atoms with Crippen LogP contribution < -0.4 is 5.32 Å². The summed E-state index contributed by atoms with van der Waals surface area (Å²) in [6.07, 6.45) is 1.16. The van der Waals surface area contributed by atoms with Gasteiger partial charge in [0.15, 0.2) is 5.82 Å². The molecule has 1 aromatic rings. The maximum atomic E-state index is 5.14. The van der Waals surface area contributed by atoms with Gasteiger partial charge >= 0.3 is 0 Å². The lowest BCUT2D eigenvalue weighted by molar-refractivity contribution is 0.122. The predicted molar refractivity (Wildman–Crippen MR) is 56.4 cm³/mol. The van der Waals surface area contributed by atoms with E-state index in [1.165, 1.54) is 0 Å². The number of aromatic nitrogens is 2. The van der Waals surface area contributed by atoms with Crippen LogP contribution in [0, 0.1) is 6.92 Å². The quantitative estimate of drug-likeness (QED) is 0.769. The van der Waals surface area contributed by atoms with Gasteiger partial charge < -0.3 is 9.84 Å². The highest BCUT2D eigenvalue weighted by Gasteiger charge is 2.25. The Balaban J connectivity index is 1.93. The second kappa shape index (κ2) is 4.72. The summed E-state index contributed by atoms with van der Waals surface area (Å²) in [5, 5.41) is 7.09. The lowest BCUT2D eigenvalue weighted by atomic mass is 10.1. The first-order chi connectivity index (χ1) is 7.29. The monoisotopic (exact) mass is 210 g/mol. The van der Waals surface area contributed by atoms with Crippen molar-refractivity contribution in [1.82, 2.24) is 20.4 Å². The minimum Gasteiger partial charge on any atom is -0.338 e. The molecule has 1 fully saturated rings. The maximum absolute atomic E-state index is 5.14. The van der Waals surface area contributed by atoms with Gasteiger partial charge in [0, 0.05) is 19.1 Å². The molecule has 0 aromatic carbocycles. The van der Waals surface area contributed by atoms with Crippen LogP contribution in [0.3, 0.4) is 0 Å². The maximum Gasteiger partial charge on any atom is 0.240 e. The molecule has 1 aliphatic heterocycles. The lowest BCUT2D eigenvalue weighted by Crippen LogP contribution is -2.57. The number of hydrogen-bond donors (Lipinski definition) is 1. The Morgan fingerprint density at radius 2 is 2.33 bits per heavy atom. The van der Waals surface area contributed by atoms with Gasteiger partial charge in [-0.05, 0) is 19.9 Å². The van der Waals surface area contributed by atoms with Gasteiger partial charge in [0.25, 0.3) is 0 Å². The van der Waals surface area contributed by atoms with Crippen LogP contribution >= 0.6 is 0 Å². The van der Waals surface area contributed by atoms with Gasteiger partial charge in [-0.25, -0.2) is 0 Å². The fourth-order valence-corrected chi connectivity index (χ4v) is 1.79. The molecule has 1 saturated heterocycles. The zero-order valence-corrected chi connectivity index (χ0v) is 9.36. The molecule has 2 rings (SSSR count). The Kier molecular flexibility index (Phi) is 3.33. The summed E-state index contributed by atoms with van der Waals surface area (Å²) in [5.41, 5.74) is 0. The Hall–Kier alpha value is -0.940. The minimum atomic E-state index is 0.636. The molecule has 0 unspecified atom stereocenters. The molecule has 0 bridgehead atoms. The van der Waals surface area contributed by atoms with Crippen LogP contribution in [-0.4, -0.2) is 40.7 Å². The lowest BCUT2D eigenvalue weighted by Gasteiger charge is -2.37. The Labute approximate surface area is 89.8 Å². The van der Waals surface area contributed by atoms with E-state index in [0.29, 0.717) is 11.9 Å². The first-order valence-corrected chi connectivity index (χ1v) is 5.53. The van der Waals surface area contributed by atoms with Crippen LogP contribution in [0.25, 0.3) is 0 Å². The predicted octanol–water partition coefficient (Wildman–Crippen LogP) is 0.562. The number of nitrogens with zero attached hydrogens (tertiary/aromatic N) is 3. The number of aryl methyl sites for hydroxylation is 1. The summed E-state index contributed by atoms with van der Waals surface area (Å²) >= 11 is 0. The molecule has 0 atom stereocenters. The van der Waals surface area contributed by atoms with E-state index < -0.39 is 0 Å². The fourth-order valence-electron chi connectivity index (χ4n) is 1.79. The molecule has 0 saturated carbocycles. The molecular weight excluding hydrogens is 192 g/mol. The average molecular weight is 210 g/mol. The third kappa shape index (κ3) is 2.54. The Morgan fingerprint density at radius 3 is 2.80 bits per heavy atom. The highest BCUT2D eigenvalue weighted by atomic mass is 16.5. The number of rotatable bonds is 5. The topological polar surface area (TPSA) is 54.2 Å². The molecule has 0 amide bonds. The smallest absolute Gasteiger partial charge is 0.240 e. The Morgan fingerprint density at radius 1 is 1.53 bits per heavy atom. The summed E-state index contributed by atoms with van der Waals surface area (Å²) in [5.74, 6) is 1.45. The van der Waals surface area contributed by atoms with Crippen molar-refractivity contribution in [1.29, 1.82) is 0 Å². The molecule has 5 heteroatoms. The van der Waals surface area contributed by atoms with Crippen molar-refractivity contribution in [3.8, 4) is 0 Å². The second-order valence-electron chi connectivity index (χ2n) is 4.02. The molecule has 0 aliphatic carbocycles. The van der Waals surface area contributed by atoms with Crippen molar-refractivity contribution in [3.05, 3.63) is 11.7 Å². The van der Waals surface area contributed by atoms with E-state index in [2.05, 4.69) is 27.3 Å². The summed E-state index contributed by atoms with van der Waals surface area (Å²) in [6.45, 7) is 8.06. The van der Waals surface area contributed by atoms with Crippen molar-refractivity contribution >= 4 is 0 Å². The van der Waals surface area contributed by atoms with Gasteiger partial charge in [-0.1, -0.05) is 12.1 Å².